The molecule has 0 saturated carbocycles. The fourth-order valence-corrected chi connectivity index (χ4v) is 1.11. The van der Waals surface area contributed by atoms with Crippen LogP contribution in [0.1, 0.15) is 6.42 Å². The summed E-state index contributed by atoms with van der Waals surface area (Å²) in [7, 11) is 0. The number of piperidine rings is 1. The molecule has 1 fully saturated rings. The predicted molar refractivity (Wildman–Crippen MR) is 39.5 cm³/mol. The number of nitrogens with one attached hydrogen (secondary N) is 2. The van der Waals surface area contributed by atoms with Gasteiger partial charge in [0.1, 0.15) is 0 Å². The van der Waals surface area contributed by atoms with Gasteiger partial charge in [0.05, 0.1) is 12.1 Å². The molecule has 12 heavy (non-hydrogen) atoms. The van der Waals surface area contributed by atoms with Crippen molar-refractivity contribution in [1.82, 2.24) is 10.8 Å². The van der Waals surface area contributed by atoms with Gasteiger partial charge in [0.25, 0.3) is 0 Å². The van der Waals surface area contributed by atoms with Crippen molar-refractivity contribution in [1.29, 1.82) is 0 Å². The van der Waals surface area contributed by atoms with Gasteiger partial charge in [0, 0.05) is 6.54 Å². The van der Waals surface area contributed by atoms with Crippen molar-refractivity contribution in [3.05, 3.63) is 0 Å². The first-order valence-corrected chi connectivity index (χ1v) is 3.74. The summed E-state index contributed by atoms with van der Waals surface area (Å²) in [6, 6.07) is -0.303. The van der Waals surface area contributed by atoms with E-state index in [0.717, 1.165) is 6.54 Å². The molecule has 0 bridgehead atoms. The molecule has 0 aromatic heterocycles. The molecule has 4 N–H and O–H groups in total. The van der Waals surface area contributed by atoms with Gasteiger partial charge in [-0.1, -0.05) is 0 Å². The van der Waals surface area contributed by atoms with E-state index in [-0.39, 0.29) is 6.04 Å². The quantitative estimate of drug-likeness (QED) is 0.400. The Bertz CT molecular complexity index is 164. The number of carboxylic acid groups (broad SMARTS) is 1. The number of rotatable bonds is 2. The molecule has 1 heterocycles. The fraction of sp³-hybridized carbons (Fsp3) is 0.833. The minimum Gasteiger partial charge on any atom is -0.448 e. The Morgan fingerprint density at radius 2 is 2.42 bits per heavy atom. The lowest BCUT2D eigenvalue weighted by molar-refractivity contribution is -0.0132. The average molecular weight is 176 g/mol. The van der Waals surface area contributed by atoms with E-state index in [1.807, 2.05) is 0 Å². The van der Waals surface area contributed by atoms with Crippen molar-refractivity contribution in [3.63, 3.8) is 0 Å². The van der Waals surface area contributed by atoms with Gasteiger partial charge in [-0.3, -0.25) is 0 Å². The third kappa shape index (κ3) is 2.65. The smallest absolute Gasteiger partial charge is 0.448 e. The van der Waals surface area contributed by atoms with Gasteiger partial charge in [-0.15, -0.1) is 5.48 Å². The molecule has 6 heteroatoms. The molecule has 0 amide bonds. The molecule has 6 nitrogen and oxygen atoms in total. The SMILES string of the molecule is O=C(O)ON[C@H]1CCNC[C@@H]1O. The molecule has 1 aliphatic rings. The molecule has 70 valence electrons. The van der Waals surface area contributed by atoms with Crippen LogP contribution in [0, 0.1) is 0 Å². The number of aliphatic hydroxyl groups is 1. The number of hydroxylamine groups is 1. The van der Waals surface area contributed by atoms with E-state index in [1.165, 1.54) is 0 Å². The predicted octanol–water partition coefficient (Wildman–Crippen LogP) is -1.09. The number of aliphatic hydroxyl groups excluding tert-OH is 1. The summed E-state index contributed by atoms with van der Waals surface area (Å²) in [6.07, 6.45) is -1.34. The van der Waals surface area contributed by atoms with Gasteiger partial charge in [-0.2, -0.15) is 0 Å². The normalized spacial score (nSPS) is 29.8. The van der Waals surface area contributed by atoms with E-state index in [0.29, 0.717) is 13.0 Å². The molecule has 0 unspecified atom stereocenters. The van der Waals surface area contributed by atoms with Crippen molar-refractivity contribution in [2.45, 2.75) is 18.6 Å². The molecule has 1 rings (SSSR count). The highest BCUT2D eigenvalue weighted by Crippen LogP contribution is 2.02. The molecule has 1 saturated heterocycles. The van der Waals surface area contributed by atoms with Crippen LogP contribution in [0.2, 0.25) is 0 Å². The Hall–Kier alpha value is -0.850. The third-order valence-corrected chi connectivity index (χ3v) is 1.75. The monoisotopic (exact) mass is 176 g/mol. The minimum atomic E-state index is -1.39. The molecule has 1 aliphatic heterocycles. The van der Waals surface area contributed by atoms with Crippen LogP contribution in [0.4, 0.5) is 4.79 Å². The fourth-order valence-electron chi connectivity index (χ4n) is 1.11. The van der Waals surface area contributed by atoms with Crippen LogP contribution >= 0.6 is 0 Å². The van der Waals surface area contributed by atoms with E-state index in [9.17, 15) is 9.90 Å². The van der Waals surface area contributed by atoms with Gasteiger partial charge in [0.2, 0.25) is 0 Å². The van der Waals surface area contributed by atoms with Crippen molar-refractivity contribution in [2.24, 2.45) is 0 Å². The van der Waals surface area contributed by atoms with Crippen LogP contribution in [0.25, 0.3) is 0 Å². The molecule has 0 aromatic carbocycles. The topological polar surface area (TPSA) is 90.8 Å². The molecule has 0 spiro atoms. The molecular weight excluding hydrogens is 164 g/mol. The maximum Gasteiger partial charge on any atom is 0.525 e. The number of hydrogen-bond acceptors (Lipinski definition) is 5. The van der Waals surface area contributed by atoms with Gasteiger partial charge in [-0.25, -0.2) is 4.79 Å². The van der Waals surface area contributed by atoms with Gasteiger partial charge in [-0.05, 0) is 13.0 Å². The van der Waals surface area contributed by atoms with Gasteiger partial charge in [0.15, 0.2) is 0 Å². The summed E-state index contributed by atoms with van der Waals surface area (Å²) in [5, 5.41) is 20.4. The van der Waals surface area contributed by atoms with E-state index >= 15 is 0 Å². The molecule has 0 radical (unpaired) electrons. The third-order valence-electron chi connectivity index (χ3n) is 1.75. The van der Waals surface area contributed by atoms with E-state index < -0.39 is 12.3 Å². The summed E-state index contributed by atoms with van der Waals surface area (Å²) in [5.74, 6) is 0. The second kappa shape index (κ2) is 4.24. The van der Waals surface area contributed by atoms with Gasteiger partial charge >= 0.3 is 6.16 Å². The second-order valence-corrected chi connectivity index (χ2v) is 2.65. The van der Waals surface area contributed by atoms with Crippen molar-refractivity contribution in [2.75, 3.05) is 13.1 Å². The molecular formula is C6H12N2O4. The zero-order chi connectivity index (χ0) is 8.97. The van der Waals surface area contributed by atoms with Crippen LogP contribution in [-0.4, -0.2) is 41.6 Å². The summed E-state index contributed by atoms with van der Waals surface area (Å²) >= 11 is 0. The lowest BCUT2D eigenvalue weighted by atomic mass is 10.1. The standard InChI is InChI=1S/C6H12N2O4/c9-5-3-7-2-1-4(5)8-12-6(10)11/h4-5,7-9H,1-3H2,(H,10,11)/t4-,5-/m0/s1. The number of β-amino-alcohol motifs (C(OH)–C–C–N with tert-alkyl or cyclic N) is 1. The molecule has 2 atom stereocenters. The van der Waals surface area contributed by atoms with Crippen LogP contribution in [0.3, 0.4) is 0 Å². The Labute approximate surface area is 69.5 Å². The van der Waals surface area contributed by atoms with E-state index in [1.54, 1.807) is 0 Å². The van der Waals surface area contributed by atoms with Gasteiger partial charge < -0.3 is 20.4 Å². The average Bonchev–Trinajstić information content (AvgIpc) is 2.03. The van der Waals surface area contributed by atoms with Crippen molar-refractivity contribution >= 4 is 6.16 Å². The zero-order valence-electron chi connectivity index (χ0n) is 6.49. The highest BCUT2D eigenvalue weighted by molar-refractivity contribution is 5.56. The number of hydrogen-bond donors (Lipinski definition) is 4. The zero-order valence-corrected chi connectivity index (χ0v) is 6.49. The first-order valence-electron chi connectivity index (χ1n) is 3.74. The maximum atomic E-state index is 9.97. The highest BCUT2D eigenvalue weighted by atomic mass is 16.8. The Morgan fingerprint density at radius 3 is 3.00 bits per heavy atom. The Morgan fingerprint density at radius 1 is 1.67 bits per heavy atom. The van der Waals surface area contributed by atoms with Crippen LogP contribution in [-0.2, 0) is 4.84 Å². The highest BCUT2D eigenvalue weighted by Gasteiger charge is 2.23. The lowest BCUT2D eigenvalue weighted by Gasteiger charge is -2.27. The largest absolute Gasteiger partial charge is 0.525 e. The minimum absolute atomic E-state index is 0.303. The molecule has 0 aromatic rings. The first kappa shape index (κ1) is 9.24. The Kier molecular flexibility index (Phi) is 3.27. The summed E-state index contributed by atoms with van der Waals surface area (Å²) in [4.78, 5) is 14.1. The van der Waals surface area contributed by atoms with Crippen LogP contribution < -0.4 is 10.8 Å². The Balaban J connectivity index is 2.24. The van der Waals surface area contributed by atoms with E-state index in [2.05, 4.69) is 15.6 Å². The lowest BCUT2D eigenvalue weighted by Crippen LogP contribution is -2.51. The summed E-state index contributed by atoms with van der Waals surface area (Å²) < 4.78 is 0. The number of carbonyl (C=O) groups is 1. The first-order chi connectivity index (χ1) is 5.70. The van der Waals surface area contributed by atoms with Crippen LogP contribution in [0.5, 0.6) is 0 Å². The van der Waals surface area contributed by atoms with Crippen LogP contribution in [0.15, 0.2) is 0 Å². The molecule has 0 aliphatic carbocycles. The summed E-state index contributed by atoms with van der Waals surface area (Å²) in [5.41, 5.74) is 2.28. The van der Waals surface area contributed by atoms with Crippen molar-refractivity contribution in [3.8, 4) is 0 Å². The maximum absolute atomic E-state index is 9.97. The summed E-state index contributed by atoms with van der Waals surface area (Å²) in [6.45, 7) is 1.21. The van der Waals surface area contributed by atoms with Crippen molar-refractivity contribution < 1.29 is 19.8 Å². The van der Waals surface area contributed by atoms with E-state index in [4.69, 9.17) is 5.11 Å². The second-order valence-electron chi connectivity index (χ2n) is 2.65.